The summed E-state index contributed by atoms with van der Waals surface area (Å²) in [5, 5.41) is 5.33. The third-order valence-corrected chi connectivity index (χ3v) is 6.82. The minimum Gasteiger partial charge on any atom is -0.354 e. The van der Waals surface area contributed by atoms with Crippen molar-refractivity contribution in [3.63, 3.8) is 0 Å². The summed E-state index contributed by atoms with van der Waals surface area (Å²) >= 11 is 0. The van der Waals surface area contributed by atoms with Crippen molar-refractivity contribution in [2.45, 2.75) is 26.3 Å². The normalized spacial score (nSPS) is 21.7. The molecule has 6 heteroatoms. The molecule has 0 aliphatic carbocycles. The van der Waals surface area contributed by atoms with E-state index in [4.69, 9.17) is 0 Å². The molecule has 0 saturated carbocycles. The number of piperazine rings is 1. The zero-order valence-electron chi connectivity index (χ0n) is 18.9. The van der Waals surface area contributed by atoms with Crippen LogP contribution in [0.15, 0.2) is 42.5 Å². The van der Waals surface area contributed by atoms with Gasteiger partial charge in [0.2, 0.25) is 11.8 Å². The standard InChI is InChI=1S/C25H34N4O2/c1-18(2)23(28-13-11-27(3)12-14-28)16-26-25(31)20-15-24(30)29(17-20)22-10-6-8-19-7-4-5-9-21(19)22/h4-10,18,20,23H,11-17H2,1-3H3,(H,26,31). The molecule has 2 atom stereocenters. The molecule has 166 valence electrons. The Hall–Kier alpha value is -2.44. The smallest absolute Gasteiger partial charge is 0.227 e. The van der Waals surface area contributed by atoms with Crippen LogP contribution in [0.2, 0.25) is 0 Å². The van der Waals surface area contributed by atoms with Crippen molar-refractivity contribution in [1.82, 2.24) is 15.1 Å². The number of amides is 2. The van der Waals surface area contributed by atoms with E-state index in [1.165, 1.54) is 0 Å². The molecule has 6 nitrogen and oxygen atoms in total. The minimum absolute atomic E-state index is 0.00383. The fourth-order valence-electron chi connectivity index (χ4n) is 4.85. The van der Waals surface area contributed by atoms with Crippen molar-refractivity contribution in [3.05, 3.63) is 42.5 Å². The predicted molar refractivity (Wildman–Crippen MR) is 125 cm³/mol. The Bertz CT molecular complexity index is 931. The number of likely N-dealkylation sites (N-methyl/N-ethyl adjacent to an activating group) is 1. The molecule has 31 heavy (non-hydrogen) atoms. The average molecular weight is 423 g/mol. The van der Waals surface area contributed by atoms with Crippen molar-refractivity contribution in [3.8, 4) is 0 Å². The molecular formula is C25H34N4O2. The van der Waals surface area contributed by atoms with Gasteiger partial charge in [-0.1, -0.05) is 50.2 Å². The van der Waals surface area contributed by atoms with Gasteiger partial charge in [-0.05, 0) is 24.4 Å². The molecular weight excluding hydrogens is 388 g/mol. The second kappa shape index (κ2) is 9.37. The van der Waals surface area contributed by atoms with E-state index in [9.17, 15) is 9.59 Å². The summed E-state index contributed by atoms with van der Waals surface area (Å²) in [4.78, 5) is 32.4. The third kappa shape index (κ3) is 4.75. The molecule has 2 amide bonds. The Morgan fingerprint density at radius 2 is 1.77 bits per heavy atom. The number of carbonyl (C=O) groups is 2. The number of anilines is 1. The molecule has 0 radical (unpaired) electrons. The molecule has 2 aromatic carbocycles. The summed E-state index contributed by atoms with van der Waals surface area (Å²) in [6.07, 6.45) is 0.274. The van der Waals surface area contributed by atoms with Crippen LogP contribution in [0.25, 0.3) is 10.8 Å². The zero-order valence-corrected chi connectivity index (χ0v) is 18.9. The molecule has 2 aliphatic heterocycles. The van der Waals surface area contributed by atoms with E-state index in [1.807, 2.05) is 42.5 Å². The van der Waals surface area contributed by atoms with Crippen LogP contribution < -0.4 is 10.2 Å². The Labute approximate surface area is 185 Å². The summed E-state index contributed by atoms with van der Waals surface area (Å²) in [5.74, 6) is 0.180. The Morgan fingerprint density at radius 3 is 2.52 bits per heavy atom. The number of benzene rings is 2. The van der Waals surface area contributed by atoms with Gasteiger partial charge in [0.05, 0.1) is 11.6 Å². The van der Waals surface area contributed by atoms with Crippen molar-refractivity contribution in [2.75, 3.05) is 51.2 Å². The number of fused-ring (bicyclic) bond motifs is 1. The van der Waals surface area contributed by atoms with Gasteiger partial charge in [-0.15, -0.1) is 0 Å². The summed E-state index contributed by atoms with van der Waals surface area (Å²) in [5.41, 5.74) is 0.899. The van der Waals surface area contributed by atoms with E-state index >= 15 is 0 Å². The molecule has 2 saturated heterocycles. The zero-order chi connectivity index (χ0) is 22.0. The predicted octanol–water partition coefficient (Wildman–Crippen LogP) is 2.58. The van der Waals surface area contributed by atoms with Crippen LogP contribution in [0.3, 0.4) is 0 Å². The van der Waals surface area contributed by atoms with Gasteiger partial charge in [0.15, 0.2) is 0 Å². The van der Waals surface area contributed by atoms with Crippen molar-refractivity contribution in [2.24, 2.45) is 11.8 Å². The van der Waals surface area contributed by atoms with Crippen LogP contribution in [0.4, 0.5) is 5.69 Å². The number of nitrogens with zero attached hydrogens (tertiary/aromatic N) is 3. The van der Waals surface area contributed by atoms with Gasteiger partial charge in [0, 0.05) is 57.1 Å². The summed E-state index contributed by atoms with van der Waals surface area (Å²) in [6, 6.07) is 14.4. The molecule has 0 aromatic heterocycles. The molecule has 1 N–H and O–H groups in total. The monoisotopic (exact) mass is 422 g/mol. The topological polar surface area (TPSA) is 55.9 Å². The van der Waals surface area contributed by atoms with E-state index in [1.54, 1.807) is 4.90 Å². The second-order valence-corrected chi connectivity index (χ2v) is 9.30. The van der Waals surface area contributed by atoms with Crippen LogP contribution in [-0.4, -0.2) is 74.0 Å². The summed E-state index contributed by atoms with van der Waals surface area (Å²) < 4.78 is 0. The first-order chi connectivity index (χ1) is 14.9. The van der Waals surface area contributed by atoms with Gasteiger partial charge in [0.25, 0.3) is 0 Å². The number of hydrogen-bond donors (Lipinski definition) is 1. The Kier molecular flexibility index (Phi) is 6.58. The van der Waals surface area contributed by atoms with E-state index in [0.717, 1.165) is 42.6 Å². The Balaban J connectivity index is 1.40. The van der Waals surface area contributed by atoms with Crippen LogP contribution >= 0.6 is 0 Å². The number of carbonyl (C=O) groups excluding carboxylic acids is 2. The van der Waals surface area contributed by atoms with Crippen molar-refractivity contribution in [1.29, 1.82) is 0 Å². The Morgan fingerprint density at radius 1 is 1.06 bits per heavy atom. The molecule has 0 bridgehead atoms. The second-order valence-electron chi connectivity index (χ2n) is 9.30. The highest BCUT2D eigenvalue weighted by molar-refractivity contribution is 6.06. The van der Waals surface area contributed by atoms with Crippen molar-refractivity contribution >= 4 is 28.3 Å². The van der Waals surface area contributed by atoms with E-state index < -0.39 is 0 Å². The lowest BCUT2D eigenvalue weighted by molar-refractivity contribution is -0.126. The summed E-state index contributed by atoms with van der Waals surface area (Å²) in [7, 11) is 2.16. The SMILES string of the molecule is CC(C)C(CNC(=O)C1CC(=O)N(c2cccc3ccccc23)C1)N1CCN(C)CC1. The quantitative estimate of drug-likeness (QED) is 0.778. The third-order valence-electron chi connectivity index (χ3n) is 6.82. The molecule has 0 spiro atoms. The molecule has 2 heterocycles. The molecule has 2 aliphatic rings. The van der Waals surface area contributed by atoms with E-state index in [-0.39, 0.29) is 24.2 Å². The first-order valence-electron chi connectivity index (χ1n) is 11.4. The van der Waals surface area contributed by atoms with Gasteiger partial charge in [-0.3, -0.25) is 14.5 Å². The highest BCUT2D eigenvalue weighted by atomic mass is 16.2. The average Bonchev–Trinajstić information content (AvgIpc) is 3.16. The lowest BCUT2D eigenvalue weighted by atomic mass is 10.0. The van der Waals surface area contributed by atoms with Crippen LogP contribution in [0.1, 0.15) is 20.3 Å². The maximum absolute atomic E-state index is 13.0. The van der Waals surface area contributed by atoms with Crippen LogP contribution in [0.5, 0.6) is 0 Å². The maximum atomic E-state index is 13.0. The fraction of sp³-hybridized carbons (Fsp3) is 0.520. The number of rotatable bonds is 6. The first-order valence-corrected chi connectivity index (χ1v) is 11.4. The van der Waals surface area contributed by atoms with Crippen LogP contribution in [0, 0.1) is 11.8 Å². The van der Waals surface area contributed by atoms with Gasteiger partial charge in [-0.25, -0.2) is 0 Å². The van der Waals surface area contributed by atoms with Crippen molar-refractivity contribution < 1.29 is 9.59 Å². The highest BCUT2D eigenvalue weighted by Gasteiger charge is 2.36. The molecule has 2 unspecified atom stereocenters. The van der Waals surface area contributed by atoms with E-state index in [0.29, 0.717) is 25.0 Å². The number of hydrogen-bond acceptors (Lipinski definition) is 4. The number of nitrogens with one attached hydrogen (secondary N) is 1. The molecule has 4 rings (SSSR count). The lowest BCUT2D eigenvalue weighted by Crippen LogP contribution is -2.54. The largest absolute Gasteiger partial charge is 0.354 e. The highest BCUT2D eigenvalue weighted by Crippen LogP contribution is 2.31. The lowest BCUT2D eigenvalue weighted by Gasteiger charge is -2.40. The van der Waals surface area contributed by atoms with Gasteiger partial charge in [-0.2, -0.15) is 0 Å². The summed E-state index contributed by atoms with van der Waals surface area (Å²) in [6.45, 7) is 9.71. The fourth-order valence-corrected chi connectivity index (χ4v) is 4.85. The maximum Gasteiger partial charge on any atom is 0.227 e. The minimum atomic E-state index is -0.299. The van der Waals surface area contributed by atoms with Crippen LogP contribution in [-0.2, 0) is 9.59 Å². The van der Waals surface area contributed by atoms with Gasteiger partial charge < -0.3 is 15.1 Å². The van der Waals surface area contributed by atoms with Gasteiger partial charge >= 0.3 is 0 Å². The molecule has 2 aromatic rings. The van der Waals surface area contributed by atoms with E-state index in [2.05, 4.69) is 36.0 Å². The van der Waals surface area contributed by atoms with Gasteiger partial charge in [0.1, 0.15) is 0 Å². The first kappa shape index (κ1) is 21.8. The molecule has 2 fully saturated rings.